The van der Waals surface area contributed by atoms with E-state index in [1.807, 2.05) is 12.5 Å². The number of aliphatic hydroxyl groups is 1. The van der Waals surface area contributed by atoms with Crippen molar-refractivity contribution >= 4 is 0 Å². The van der Waals surface area contributed by atoms with Crippen LogP contribution < -0.4 is 0 Å². The smallest absolute Gasteiger partial charge is 0.145 e. The number of pyridine rings is 1. The van der Waals surface area contributed by atoms with Crippen LogP contribution in [0.5, 0.6) is 0 Å². The maximum absolute atomic E-state index is 14.2. The number of halogens is 1. The van der Waals surface area contributed by atoms with Crippen molar-refractivity contribution in [3.63, 3.8) is 0 Å². The topological polar surface area (TPSA) is 66.7 Å². The third kappa shape index (κ3) is 3.36. The normalized spacial score (nSPS) is 31.6. The maximum Gasteiger partial charge on any atom is 0.145 e. The number of aliphatic hydroxyl groups excluding tert-OH is 1. The van der Waals surface area contributed by atoms with Crippen LogP contribution in [0.3, 0.4) is 0 Å². The lowest BCUT2D eigenvalue weighted by molar-refractivity contribution is -0.120. The Kier molecular flexibility index (Phi) is 5.13. The lowest BCUT2D eigenvalue weighted by Crippen LogP contribution is -2.53. The molecule has 30 heavy (non-hydrogen) atoms. The monoisotopic (exact) mass is 415 g/mol. The van der Waals surface area contributed by atoms with E-state index in [0.29, 0.717) is 18.2 Å². The van der Waals surface area contributed by atoms with E-state index in [1.54, 1.807) is 12.3 Å². The molecule has 0 saturated carbocycles. The minimum atomic E-state index is -0.303. The highest BCUT2D eigenvalue weighted by Gasteiger charge is 2.62. The van der Waals surface area contributed by atoms with E-state index in [0.717, 1.165) is 32.7 Å². The predicted octanol–water partition coefficient (Wildman–Crippen LogP) is 1.69. The van der Waals surface area contributed by atoms with Gasteiger partial charge in [-0.15, -0.1) is 0 Å². The number of ether oxygens (including phenoxy) is 1. The second kappa shape index (κ2) is 7.67. The largest absolute Gasteiger partial charge is 0.396 e. The molecule has 0 radical (unpaired) electrons. The summed E-state index contributed by atoms with van der Waals surface area (Å²) in [4.78, 5) is 12.9. The predicted molar refractivity (Wildman–Crippen MR) is 109 cm³/mol. The van der Waals surface area contributed by atoms with Crippen molar-refractivity contribution in [2.75, 3.05) is 32.8 Å². The Morgan fingerprint density at radius 1 is 1.20 bits per heavy atom. The van der Waals surface area contributed by atoms with Gasteiger partial charge in [0.15, 0.2) is 0 Å². The van der Waals surface area contributed by atoms with E-state index < -0.39 is 0 Å². The van der Waals surface area contributed by atoms with Gasteiger partial charge in [0.1, 0.15) is 5.82 Å². The number of rotatable bonds is 6. The molecule has 7 nitrogen and oxygen atoms in total. The number of hydrogen-bond acceptors (Lipinski definition) is 6. The average molecular weight is 416 g/mol. The molecule has 5 heterocycles. The van der Waals surface area contributed by atoms with Crippen LogP contribution in [0, 0.1) is 17.7 Å². The molecule has 0 aromatic carbocycles. The quantitative estimate of drug-likeness (QED) is 0.775. The van der Waals surface area contributed by atoms with E-state index >= 15 is 0 Å². The first-order chi connectivity index (χ1) is 14.5. The van der Waals surface area contributed by atoms with Crippen molar-refractivity contribution in [1.82, 2.24) is 24.3 Å². The summed E-state index contributed by atoms with van der Waals surface area (Å²) in [6.45, 7) is 9.03. The summed E-state index contributed by atoms with van der Waals surface area (Å²) in [5.41, 5.74) is 1.56. The molecular formula is C22H30FN5O2. The Labute approximate surface area is 176 Å². The fraction of sp³-hybridized carbons (Fsp3) is 0.636. The first-order valence-electron chi connectivity index (χ1n) is 10.8. The zero-order valence-corrected chi connectivity index (χ0v) is 17.6. The van der Waals surface area contributed by atoms with Gasteiger partial charge in [-0.3, -0.25) is 14.8 Å². The van der Waals surface area contributed by atoms with Gasteiger partial charge < -0.3 is 14.4 Å². The molecule has 2 bridgehead atoms. The van der Waals surface area contributed by atoms with Crippen molar-refractivity contribution in [2.45, 2.75) is 44.7 Å². The molecule has 0 unspecified atom stereocenters. The van der Waals surface area contributed by atoms with Gasteiger partial charge in [-0.05, 0) is 19.9 Å². The number of fused-ring (bicyclic) bond motifs is 1. The highest BCUT2D eigenvalue weighted by Crippen LogP contribution is 2.49. The molecule has 162 valence electrons. The van der Waals surface area contributed by atoms with Crippen molar-refractivity contribution in [1.29, 1.82) is 0 Å². The van der Waals surface area contributed by atoms with Crippen LogP contribution in [0.1, 0.15) is 31.1 Å². The molecule has 2 aromatic heterocycles. The van der Waals surface area contributed by atoms with Crippen LogP contribution >= 0.6 is 0 Å². The molecule has 2 aromatic rings. The lowest BCUT2D eigenvalue weighted by atomic mass is 9.83. The van der Waals surface area contributed by atoms with Crippen LogP contribution in [0.4, 0.5) is 4.39 Å². The summed E-state index contributed by atoms with van der Waals surface area (Å²) >= 11 is 0. The molecule has 1 spiro atoms. The second-order valence-corrected chi connectivity index (χ2v) is 9.37. The summed E-state index contributed by atoms with van der Waals surface area (Å²) < 4.78 is 22.9. The van der Waals surface area contributed by atoms with Gasteiger partial charge in [0, 0.05) is 81.7 Å². The Balaban J connectivity index is 1.35. The Morgan fingerprint density at radius 2 is 2.00 bits per heavy atom. The van der Waals surface area contributed by atoms with Gasteiger partial charge in [-0.25, -0.2) is 9.37 Å². The van der Waals surface area contributed by atoms with Crippen molar-refractivity contribution in [3.05, 3.63) is 48.1 Å². The van der Waals surface area contributed by atoms with E-state index in [4.69, 9.17) is 4.74 Å². The van der Waals surface area contributed by atoms with Gasteiger partial charge in [-0.1, -0.05) is 0 Å². The summed E-state index contributed by atoms with van der Waals surface area (Å²) in [5, 5.41) is 10.1. The molecule has 1 N–H and O–H groups in total. The SMILES string of the molecule is CC(C)n1cncc1CN1C[C@@H]2[C@H](CO)[C@H]3CN(Cc4ccncc4F)C[C@]2(C1)O3. The summed E-state index contributed by atoms with van der Waals surface area (Å²) in [6.07, 6.45) is 6.75. The lowest BCUT2D eigenvalue weighted by Gasteiger charge is -2.40. The molecular weight excluding hydrogens is 385 g/mol. The molecule has 5 rings (SSSR count). The first-order valence-corrected chi connectivity index (χ1v) is 10.8. The zero-order chi connectivity index (χ0) is 20.9. The maximum atomic E-state index is 14.2. The fourth-order valence-electron chi connectivity index (χ4n) is 5.79. The molecule has 3 aliphatic heterocycles. The Hall–Kier alpha value is -1.87. The van der Waals surface area contributed by atoms with Crippen LogP contribution in [-0.4, -0.2) is 73.9 Å². The number of morpholine rings is 1. The summed E-state index contributed by atoms with van der Waals surface area (Å²) in [7, 11) is 0. The van der Waals surface area contributed by atoms with Crippen molar-refractivity contribution in [2.24, 2.45) is 11.8 Å². The summed E-state index contributed by atoms with van der Waals surface area (Å²) in [6, 6.07) is 2.12. The first kappa shape index (κ1) is 20.1. The van der Waals surface area contributed by atoms with Crippen LogP contribution in [0.15, 0.2) is 31.0 Å². The van der Waals surface area contributed by atoms with E-state index in [1.165, 1.54) is 11.9 Å². The number of likely N-dealkylation sites (tertiary alicyclic amines) is 2. The third-order valence-corrected chi connectivity index (χ3v) is 7.08. The van der Waals surface area contributed by atoms with Crippen molar-refractivity contribution < 1.29 is 14.2 Å². The van der Waals surface area contributed by atoms with Gasteiger partial charge in [-0.2, -0.15) is 0 Å². The van der Waals surface area contributed by atoms with Gasteiger partial charge in [0.2, 0.25) is 0 Å². The van der Waals surface area contributed by atoms with E-state index in [9.17, 15) is 9.50 Å². The Bertz CT molecular complexity index is 905. The molecule has 0 amide bonds. The van der Waals surface area contributed by atoms with Crippen LogP contribution in [-0.2, 0) is 17.8 Å². The van der Waals surface area contributed by atoms with E-state index in [-0.39, 0.29) is 36.0 Å². The third-order valence-electron chi connectivity index (χ3n) is 7.08. The molecule has 8 heteroatoms. The van der Waals surface area contributed by atoms with Gasteiger partial charge >= 0.3 is 0 Å². The minimum absolute atomic E-state index is 0.00184. The molecule has 4 atom stereocenters. The number of aromatic nitrogens is 3. The molecule has 0 aliphatic carbocycles. The van der Waals surface area contributed by atoms with E-state index in [2.05, 4.69) is 38.2 Å². The standard InChI is InChI=1S/C22H30FN5O2/c1-15(2)28-14-25-5-17(28)8-27-9-19-18(11-29)21-10-26(12-22(19,13-27)30-21)7-16-3-4-24-6-20(16)23/h3-6,14-15,18-19,21,29H,7-13H2,1-2H3/t18-,19+,21+,22+/m0/s1. The Morgan fingerprint density at radius 3 is 2.73 bits per heavy atom. The van der Waals surface area contributed by atoms with Crippen LogP contribution in [0.25, 0.3) is 0 Å². The van der Waals surface area contributed by atoms with Crippen LogP contribution in [0.2, 0.25) is 0 Å². The molecule has 3 fully saturated rings. The number of nitrogens with zero attached hydrogens (tertiary/aromatic N) is 5. The minimum Gasteiger partial charge on any atom is -0.396 e. The number of hydrogen-bond donors (Lipinski definition) is 1. The zero-order valence-electron chi connectivity index (χ0n) is 17.6. The average Bonchev–Trinajstić information content (AvgIpc) is 3.34. The molecule has 3 saturated heterocycles. The number of imidazole rings is 1. The van der Waals surface area contributed by atoms with Gasteiger partial charge in [0.05, 0.1) is 29.9 Å². The highest BCUT2D eigenvalue weighted by molar-refractivity contribution is 5.17. The van der Waals surface area contributed by atoms with Crippen molar-refractivity contribution in [3.8, 4) is 0 Å². The molecule has 3 aliphatic rings. The van der Waals surface area contributed by atoms with Gasteiger partial charge in [0.25, 0.3) is 0 Å². The fourth-order valence-corrected chi connectivity index (χ4v) is 5.79. The summed E-state index contributed by atoms with van der Waals surface area (Å²) in [5.74, 6) is 0.145. The second-order valence-electron chi connectivity index (χ2n) is 9.37. The highest BCUT2D eigenvalue weighted by atomic mass is 19.1.